The minimum absolute atomic E-state index is 0.000999. The van der Waals surface area contributed by atoms with E-state index in [1.165, 1.54) is 31.4 Å². The van der Waals surface area contributed by atoms with Gasteiger partial charge in [-0.3, -0.25) is 10.1 Å². The molecule has 4 nitrogen and oxygen atoms in total. The molecular formula is C17H11ClF2N2O2S. The predicted molar refractivity (Wildman–Crippen MR) is 93.4 cm³/mol. The van der Waals surface area contributed by atoms with Crippen LogP contribution in [0.2, 0.25) is 5.02 Å². The Hall–Kier alpha value is -2.51. The van der Waals surface area contributed by atoms with E-state index >= 15 is 0 Å². The molecule has 0 spiro atoms. The van der Waals surface area contributed by atoms with Crippen molar-refractivity contribution in [3.63, 3.8) is 0 Å². The summed E-state index contributed by atoms with van der Waals surface area (Å²) in [4.78, 5) is 16.5. The van der Waals surface area contributed by atoms with Crippen LogP contribution in [0.5, 0.6) is 5.75 Å². The number of methoxy groups -OCH3 is 1. The summed E-state index contributed by atoms with van der Waals surface area (Å²) in [6, 6.07) is 7.58. The van der Waals surface area contributed by atoms with E-state index in [-0.39, 0.29) is 10.6 Å². The smallest absolute Gasteiger partial charge is 0.258 e. The van der Waals surface area contributed by atoms with Crippen LogP contribution in [-0.2, 0) is 0 Å². The number of aromatic nitrogens is 1. The van der Waals surface area contributed by atoms with Crippen molar-refractivity contribution in [3.05, 3.63) is 64.0 Å². The van der Waals surface area contributed by atoms with Gasteiger partial charge in [-0.15, -0.1) is 11.3 Å². The standard InChI is InChI=1S/C17H11ClF2N2O2S/c1-24-15-5-3-9(19)6-12(15)14-8-25-17(21-14)22-16(23)11-4-2-10(20)7-13(11)18/h2-8H,1H3,(H,21,22,23). The van der Waals surface area contributed by atoms with Crippen LogP contribution in [0, 0.1) is 11.6 Å². The summed E-state index contributed by atoms with van der Waals surface area (Å²) in [5.41, 5.74) is 1.06. The number of amides is 1. The normalized spacial score (nSPS) is 10.6. The van der Waals surface area contributed by atoms with Gasteiger partial charge in [-0.1, -0.05) is 11.6 Å². The minimum atomic E-state index is -0.531. The summed E-state index contributed by atoms with van der Waals surface area (Å²) in [6.45, 7) is 0. The van der Waals surface area contributed by atoms with Crippen LogP contribution in [0.4, 0.5) is 13.9 Å². The summed E-state index contributed by atoms with van der Waals surface area (Å²) in [5, 5.41) is 4.55. The number of carbonyl (C=O) groups is 1. The maximum atomic E-state index is 13.5. The Morgan fingerprint density at radius 2 is 1.92 bits per heavy atom. The molecule has 0 unspecified atom stereocenters. The zero-order valence-electron chi connectivity index (χ0n) is 12.8. The number of ether oxygens (including phenoxy) is 1. The van der Waals surface area contributed by atoms with Crippen LogP contribution < -0.4 is 10.1 Å². The SMILES string of the molecule is COc1ccc(F)cc1-c1csc(NC(=O)c2ccc(F)cc2Cl)n1. The number of rotatable bonds is 4. The van der Waals surface area contributed by atoms with Crippen molar-refractivity contribution in [1.82, 2.24) is 4.98 Å². The van der Waals surface area contributed by atoms with Gasteiger partial charge >= 0.3 is 0 Å². The summed E-state index contributed by atoms with van der Waals surface area (Å²) in [5.74, 6) is -1.01. The number of carbonyl (C=O) groups excluding carboxylic acids is 1. The summed E-state index contributed by atoms with van der Waals surface area (Å²) < 4.78 is 31.8. The van der Waals surface area contributed by atoms with Gasteiger partial charge in [-0.25, -0.2) is 13.8 Å². The monoisotopic (exact) mass is 380 g/mol. The molecule has 0 aliphatic carbocycles. The largest absolute Gasteiger partial charge is 0.496 e. The van der Waals surface area contributed by atoms with Crippen molar-refractivity contribution in [2.24, 2.45) is 0 Å². The molecule has 0 aliphatic rings. The first-order valence-electron chi connectivity index (χ1n) is 7.04. The molecule has 128 valence electrons. The number of thiazole rings is 1. The van der Waals surface area contributed by atoms with E-state index in [9.17, 15) is 13.6 Å². The maximum absolute atomic E-state index is 13.5. The van der Waals surface area contributed by atoms with Crippen LogP contribution in [0.1, 0.15) is 10.4 Å². The van der Waals surface area contributed by atoms with Crippen LogP contribution in [0.15, 0.2) is 41.8 Å². The molecule has 1 aromatic heterocycles. The summed E-state index contributed by atoms with van der Waals surface area (Å²) >= 11 is 7.04. The number of nitrogens with zero attached hydrogens (tertiary/aromatic N) is 1. The van der Waals surface area contributed by atoms with Crippen LogP contribution in [0.25, 0.3) is 11.3 Å². The topological polar surface area (TPSA) is 51.2 Å². The van der Waals surface area contributed by atoms with E-state index in [4.69, 9.17) is 16.3 Å². The van der Waals surface area contributed by atoms with Crippen molar-refractivity contribution in [1.29, 1.82) is 0 Å². The summed E-state index contributed by atoms with van der Waals surface area (Å²) in [7, 11) is 1.47. The van der Waals surface area contributed by atoms with Gasteiger partial charge in [0.15, 0.2) is 5.13 Å². The average Bonchev–Trinajstić information content (AvgIpc) is 3.03. The molecule has 0 saturated carbocycles. The Balaban J connectivity index is 1.85. The first-order chi connectivity index (χ1) is 12.0. The molecule has 3 rings (SSSR count). The Labute approximate surface area is 151 Å². The van der Waals surface area contributed by atoms with Crippen molar-refractivity contribution in [2.75, 3.05) is 12.4 Å². The summed E-state index contributed by atoms with van der Waals surface area (Å²) in [6.07, 6.45) is 0. The molecule has 1 N–H and O–H groups in total. The lowest BCUT2D eigenvalue weighted by Gasteiger charge is -2.06. The van der Waals surface area contributed by atoms with Crippen molar-refractivity contribution < 1.29 is 18.3 Å². The highest BCUT2D eigenvalue weighted by Crippen LogP contribution is 2.33. The fourth-order valence-corrected chi connectivity index (χ4v) is 3.13. The molecule has 2 aromatic carbocycles. The lowest BCUT2D eigenvalue weighted by molar-refractivity contribution is 0.102. The molecule has 0 radical (unpaired) electrons. The highest BCUT2D eigenvalue weighted by Gasteiger charge is 2.15. The second kappa shape index (κ2) is 7.16. The Kier molecular flexibility index (Phi) is 4.96. The number of nitrogens with one attached hydrogen (secondary N) is 1. The van der Waals surface area contributed by atoms with Gasteiger partial charge in [0.1, 0.15) is 17.4 Å². The maximum Gasteiger partial charge on any atom is 0.258 e. The molecular weight excluding hydrogens is 370 g/mol. The predicted octanol–water partition coefficient (Wildman–Crippen LogP) is 5.00. The average molecular weight is 381 g/mol. The molecule has 0 atom stereocenters. The number of hydrogen-bond acceptors (Lipinski definition) is 4. The zero-order valence-corrected chi connectivity index (χ0v) is 14.4. The number of hydrogen-bond donors (Lipinski definition) is 1. The van der Waals surface area contributed by atoms with Crippen molar-refractivity contribution in [2.45, 2.75) is 0 Å². The Morgan fingerprint density at radius 3 is 2.64 bits per heavy atom. The fraction of sp³-hybridized carbons (Fsp3) is 0.0588. The number of anilines is 1. The van der Waals surface area contributed by atoms with Gasteiger partial charge in [0, 0.05) is 10.9 Å². The molecule has 0 fully saturated rings. The fourth-order valence-electron chi connectivity index (χ4n) is 2.17. The van der Waals surface area contributed by atoms with Crippen LogP contribution in [-0.4, -0.2) is 18.0 Å². The lowest BCUT2D eigenvalue weighted by atomic mass is 10.1. The second-order valence-corrected chi connectivity index (χ2v) is 6.23. The second-order valence-electron chi connectivity index (χ2n) is 4.96. The highest BCUT2D eigenvalue weighted by atomic mass is 35.5. The Bertz CT molecular complexity index is 946. The van der Waals surface area contributed by atoms with Gasteiger partial charge < -0.3 is 4.74 Å². The lowest BCUT2D eigenvalue weighted by Crippen LogP contribution is -2.12. The third kappa shape index (κ3) is 3.78. The van der Waals surface area contributed by atoms with Crippen LogP contribution in [0.3, 0.4) is 0 Å². The molecule has 1 amide bonds. The van der Waals surface area contributed by atoms with E-state index in [2.05, 4.69) is 10.3 Å². The van der Waals surface area contributed by atoms with Gasteiger partial charge in [0.05, 0.1) is 23.4 Å². The van der Waals surface area contributed by atoms with Gasteiger partial charge in [0.25, 0.3) is 5.91 Å². The minimum Gasteiger partial charge on any atom is -0.496 e. The zero-order chi connectivity index (χ0) is 18.0. The first kappa shape index (κ1) is 17.3. The third-order valence-corrected chi connectivity index (χ3v) is 4.41. The van der Waals surface area contributed by atoms with E-state index in [1.54, 1.807) is 5.38 Å². The van der Waals surface area contributed by atoms with Crippen molar-refractivity contribution >= 4 is 34.0 Å². The molecule has 1 heterocycles. The molecule has 0 aliphatic heterocycles. The van der Waals surface area contributed by atoms with Gasteiger partial charge in [-0.2, -0.15) is 0 Å². The van der Waals surface area contributed by atoms with Gasteiger partial charge in [0.2, 0.25) is 0 Å². The van der Waals surface area contributed by atoms with Crippen molar-refractivity contribution in [3.8, 4) is 17.0 Å². The quantitative estimate of drug-likeness (QED) is 0.692. The van der Waals surface area contributed by atoms with Gasteiger partial charge in [-0.05, 0) is 36.4 Å². The first-order valence-corrected chi connectivity index (χ1v) is 8.29. The molecule has 25 heavy (non-hydrogen) atoms. The highest BCUT2D eigenvalue weighted by molar-refractivity contribution is 7.14. The van der Waals surface area contributed by atoms with Crippen LogP contribution >= 0.6 is 22.9 Å². The molecule has 0 saturated heterocycles. The van der Waals surface area contributed by atoms with E-state index < -0.39 is 17.5 Å². The number of benzene rings is 2. The van der Waals surface area contributed by atoms with E-state index in [1.807, 2.05) is 0 Å². The molecule has 3 aromatic rings. The van der Waals surface area contributed by atoms with E-state index in [0.29, 0.717) is 22.1 Å². The molecule has 0 bridgehead atoms. The molecule has 8 heteroatoms. The van der Waals surface area contributed by atoms with E-state index in [0.717, 1.165) is 23.5 Å². The number of halogens is 3. The Morgan fingerprint density at radius 1 is 1.20 bits per heavy atom. The third-order valence-electron chi connectivity index (χ3n) is 3.34.